The monoisotopic (exact) mass is 821 g/mol. The van der Waals surface area contributed by atoms with Crippen LogP contribution in [0.4, 0.5) is 0 Å². The van der Waals surface area contributed by atoms with Crippen LogP contribution < -0.4 is 5.32 Å². The number of Topliss-reactive ketones (excluding diaryl/α,β-unsaturated/α-hetero) is 1. The molecule has 7 rings (SSSR count). The zero-order valence-electron chi connectivity index (χ0n) is 37.0. The van der Waals surface area contributed by atoms with Crippen LogP contribution in [0.25, 0.3) is 0 Å². The van der Waals surface area contributed by atoms with Crippen LogP contribution in [0, 0.1) is 56.2 Å². The van der Waals surface area contributed by atoms with Gasteiger partial charge in [-0.25, -0.2) is 0 Å². The first kappa shape index (κ1) is 43.8. The highest BCUT2D eigenvalue weighted by molar-refractivity contribution is 6.30. The first-order chi connectivity index (χ1) is 27.1. The van der Waals surface area contributed by atoms with Crippen LogP contribution in [-0.2, 0) is 25.7 Å². The molecule has 0 amide bonds. The lowest BCUT2D eigenvalue weighted by atomic mass is 9.33. The van der Waals surface area contributed by atoms with Gasteiger partial charge in [0.25, 0.3) is 0 Å². The van der Waals surface area contributed by atoms with E-state index >= 15 is 0 Å². The highest BCUT2D eigenvalue weighted by Gasteiger charge is 2.71. The maximum Gasteiger partial charge on any atom is 0.309 e. The molecule has 1 aromatic carbocycles. The number of nitrogens with zero attached hydrogens (tertiary/aromatic N) is 1. The largest absolute Gasteiger partial charge is 0.481 e. The summed E-state index contributed by atoms with van der Waals surface area (Å²) in [6.45, 7) is 22.9. The van der Waals surface area contributed by atoms with Crippen molar-refractivity contribution in [2.24, 2.45) is 56.2 Å². The Kier molecular flexibility index (Phi) is 11.8. The fraction of sp³-hybridized carbons (Fsp3) is 0.776. The van der Waals surface area contributed by atoms with E-state index in [1.165, 1.54) is 17.6 Å². The van der Waals surface area contributed by atoms with Crippen molar-refractivity contribution >= 4 is 29.3 Å². The molecule has 1 aliphatic heterocycles. The number of aliphatic hydroxyl groups is 1. The molecular weight excluding hydrogens is 748 g/mol. The topological polar surface area (TPSA) is 116 Å². The molecule has 4 saturated carbocycles. The van der Waals surface area contributed by atoms with Gasteiger partial charge >= 0.3 is 11.9 Å². The van der Waals surface area contributed by atoms with Gasteiger partial charge < -0.3 is 20.3 Å². The van der Waals surface area contributed by atoms with E-state index in [4.69, 9.17) is 16.3 Å². The number of rotatable bonds is 12. The number of aliphatic hydroxyl groups excluding tert-OH is 1. The van der Waals surface area contributed by atoms with Gasteiger partial charge in [0.1, 0.15) is 6.10 Å². The Bertz CT molecular complexity index is 1780. The van der Waals surface area contributed by atoms with Crippen molar-refractivity contribution in [2.75, 3.05) is 19.6 Å². The van der Waals surface area contributed by atoms with Gasteiger partial charge in [-0.05, 0) is 148 Å². The van der Waals surface area contributed by atoms with Crippen molar-refractivity contribution in [3.05, 3.63) is 46.0 Å². The Morgan fingerprint density at radius 1 is 0.948 bits per heavy atom. The van der Waals surface area contributed by atoms with Crippen LogP contribution in [-0.4, -0.2) is 70.7 Å². The normalized spacial score (nSPS) is 37.6. The predicted octanol–water partition coefficient (Wildman–Crippen LogP) is 9.65. The van der Waals surface area contributed by atoms with Crippen molar-refractivity contribution in [2.45, 2.75) is 164 Å². The molecule has 5 fully saturated rings. The summed E-state index contributed by atoms with van der Waals surface area (Å²) in [6, 6.07) is 8.47. The Labute approximate surface area is 353 Å². The van der Waals surface area contributed by atoms with Gasteiger partial charge in [0.2, 0.25) is 0 Å². The smallest absolute Gasteiger partial charge is 0.309 e. The van der Waals surface area contributed by atoms with Crippen molar-refractivity contribution in [1.29, 1.82) is 0 Å². The quantitative estimate of drug-likeness (QED) is 0.179. The molecule has 0 bridgehead atoms. The van der Waals surface area contributed by atoms with E-state index in [1.807, 2.05) is 12.1 Å². The van der Waals surface area contributed by atoms with E-state index in [0.29, 0.717) is 30.8 Å². The maximum absolute atomic E-state index is 14.4. The maximum atomic E-state index is 14.4. The van der Waals surface area contributed by atoms with E-state index in [-0.39, 0.29) is 51.8 Å². The Morgan fingerprint density at radius 2 is 1.66 bits per heavy atom. The number of benzene rings is 1. The van der Waals surface area contributed by atoms with Crippen molar-refractivity contribution in [3.63, 3.8) is 0 Å². The third-order valence-electron chi connectivity index (χ3n) is 17.9. The lowest BCUT2D eigenvalue weighted by Crippen LogP contribution is -2.66. The number of esters is 1. The third kappa shape index (κ3) is 7.23. The molecule has 10 atom stereocenters. The molecule has 322 valence electrons. The van der Waals surface area contributed by atoms with E-state index < -0.39 is 28.9 Å². The number of allylic oxidation sites excluding steroid dienone is 1. The second kappa shape index (κ2) is 15.6. The van der Waals surface area contributed by atoms with E-state index in [9.17, 15) is 24.6 Å². The molecule has 58 heavy (non-hydrogen) atoms. The van der Waals surface area contributed by atoms with Crippen LogP contribution in [0.2, 0.25) is 5.02 Å². The van der Waals surface area contributed by atoms with Crippen molar-refractivity contribution in [3.8, 4) is 0 Å². The molecule has 0 spiro atoms. The molecular formula is C49H73ClN2O6. The van der Waals surface area contributed by atoms with Crippen molar-refractivity contribution in [1.82, 2.24) is 10.2 Å². The molecule has 5 aliphatic carbocycles. The van der Waals surface area contributed by atoms with Crippen LogP contribution in [0.3, 0.4) is 0 Å². The number of halogens is 1. The van der Waals surface area contributed by atoms with Crippen LogP contribution in [0.5, 0.6) is 0 Å². The van der Waals surface area contributed by atoms with Gasteiger partial charge in [0.15, 0.2) is 5.78 Å². The first-order valence-corrected chi connectivity index (χ1v) is 23.1. The number of fused-ring (bicyclic) bond motifs is 7. The molecule has 1 aromatic rings. The molecule has 9 heteroatoms. The molecule has 6 aliphatic rings. The summed E-state index contributed by atoms with van der Waals surface area (Å²) in [6.07, 6.45) is 9.49. The van der Waals surface area contributed by atoms with E-state index in [2.05, 4.69) is 70.8 Å². The van der Waals surface area contributed by atoms with E-state index in [0.717, 1.165) is 88.0 Å². The van der Waals surface area contributed by atoms with Gasteiger partial charge in [0, 0.05) is 47.9 Å². The fourth-order valence-corrected chi connectivity index (χ4v) is 14.7. The van der Waals surface area contributed by atoms with Crippen LogP contribution >= 0.6 is 11.6 Å². The number of nitrogens with one attached hydrogen (secondary N) is 1. The zero-order chi connectivity index (χ0) is 42.2. The number of carboxylic acid groups (broad SMARTS) is 1. The number of carbonyl (C=O) groups is 3. The molecule has 0 radical (unpaired) electrons. The second-order valence-corrected chi connectivity index (χ2v) is 22.6. The average Bonchev–Trinajstić information content (AvgIpc) is 3.76. The molecule has 3 N–H and O–H groups in total. The number of carbonyl (C=O) groups excluding carboxylic acids is 2. The summed E-state index contributed by atoms with van der Waals surface area (Å²) in [4.78, 5) is 41.8. The second-order valence-electron chi connectivity index (χ2n) is 22.2. The molecule has 1 heterocycles. The summed E-state index contributed by atoms with van der Waals surface area (Å²) in [5.41, 5.74) is 1.59. The number of hydrogen-bond acceptors (Lipinski definition) is 7. The summed E-state index contributed by atoms with van der Waals surface area (Å²) in [5.74, 6) is 0.0279. The standard InChI is InChI=1S/C49H73ClN2O6/c1-30(2)41-35(53)25-49(38(54)29-52(28-33-11-10-24-51-33)27-31-12-14-32(50)15-13-31)23-22-47(8)34(42(41)49)16-17-37-46(7)20-19-39(58-40(55)26-44(3,4)43(56)57)45(5,6)36(46)18-21-48(37,47)9/h12-15,30,33-34,36-39,51,54H,10-11,16-29H2,1-9H3,(H,56,57)/t33-,34-,36+,37-,38-,39+,46+,47-,48-,49?/m1/s1. The summed E-state index contributed by atoms with van der Waals surface area (Å²) >= 11 is 6.27. The highest BCUT2D eigenvalue weighted by atomic mass is 35.5. The van der Waals surface area contributed by atoms with Crippen molar-refractivity contribution < 1.29 is 29.3 Å². The van der Waals surface area contributed by atoms with Gasteiger partial charge in [0.05, 0.1) is 17.9 Å². The van der Waals surface area contributed by atoms with Gasteiger partial charge in [-0.1, -0.05) is 77.8 Å². The summed E-state index contributed by atoms with van der Waals surface area (Å²) < 4.78 is 6.20. The lowest BCUT2D eigenvalue weighted by molar-refractivity contribution is -0.235. The third-order valence-corrected chi connectivity index (χ3v) is 18.1. The highest BCUT2D eigenvalue weighted by Crippen LogP contribution is 2.77. The minimum absolute atomic E-state index is 0.0279. The number of carboxylic acids is 1. The Morgan fingerprint density at radius 3 is 2.29 bits per heavy atom. The molecule has 8 nitrogen and oxygen atoms in total. The molecule has 0 aromatic heterocycles. The first-order valence-electron chi connectivity index (χ1n) is 22.7. The fourth-order valence-electron chi connectivity index (χ4n) is 14.6. The SMILES string of the molecule is CC(C)C1=C2[C@H]3CC[C@@H]4[C@@]5(C)CC[C@H](OC(=O)CC(C)(C)C(=O)O)C(C)(C)[C@@H]5CC[C@@]4(C)[C@]3(C)CCC2([C@H](O)CN(Cc2ccc(Cl)cc2)C[C@H]2CCCN2)CC1=O. The number of ketones is 1. The van der Waals surface area contributed by atoms with E-state index in [1.54, 1.807) is 13.8 Å². The van der Waals surface area contributed by atoms with Crippen LogP contribution in [0.1, 0.15) is 145 Å². The predicted molar refractivity (Wildman–Crippen MR) is 229 cm³/mol. The molecule has 1 unspecified atom stereocenters. The minimum Gasteiger partial charge on any atom is -0.481 e. The van der Waals surface area contributed by atoms with Gasteiger partial charge in [-0.15, -0.1) is 0 Å². The van der Waals surface area contributed by atoms with Gasteiger partial charge in [-0.2, -0.15) is 0 Å². The average molecular weight is 822 g/mol. The summed E-state index contributed by atoms with van der Waals surface area (Å²) in [5, 5.41) is 26.9. The summed E-state index contributed by atoms with van der Waals surface area (Å²) in [7, 11) is 0. The Balaban J connectivity index is 1.16. The van der Waals surface area contributed by atoms with Gasteiger partial charge in [-0.3, -0.25) is 19.3 Å². The Hall–Kier alpha value is -2.26. The number of hydrogen-bond donors (Lipinski definition) is 3. The van der Waals surface area contributed by atoms with Crippen LogP contribution in [0.15, 0.2) is 35.4 Å². The lowest BCUT2D eigenvalue weighted by Gasteiger charge is -2.72. The molecule has 1 saturated heterocycles. The number of ether oxygens (including phenoxy) is 1. The minimum atomic E-state index is -1.17. The number of aliphatic carboxylic acids is 1. The zero-order valence-corrected chi connectivity index (χ0v) is 37.8.